The van der Waals surface area contributed by atoms with Gasteiger partial charge in [0.15, 0.2) is 0 Å². The summed E-state index contributed by atoms with van der Waals surface area (Å²) in [6.45, 7) is 9.90. The van der Waals surface area contributed by atoms with Gasteiger partial charge in [-0.3, -0.25) is 9.69 Å². The zero-order valence-electron chi connectivity index (χ0n) is 18.1. The third-order valence-corrected chi connectivity index (χ3v) is 8.65. The Morgan fingerprint density at radius 1 is 1.10 bits per heavy atom. The maximum absolute atomic E-state index is 13.1. The molecule has 1 N–H and O–H groups in total. The van der Waals surface area contributed by atoms with Gasteiger partial charge in [-0.05, 0) is 51.2 Å². The highest BCUT2D eigenvalue weighted by Crippen LogP contribution is 2.25. The first kappa shape index (κ1) is 22.2. The van der Waals surface area contributed by atoms with E-state index >= 15 is 0 Å². The van der Waals surface area contributed by atoms with Crippen molar-refractivity contribution in [3.8, 4) is 0 Å². The molecule has 1 amide bonds. The fourth-order valence-electron chi connectivity index (χ4n) is 4.56. The number of sulfonamides is 1. The van der Waals surface area contributed by atoms with Crippen LogP contribution in [0.5, 0.6) is 0 Å². The first-order valence-electron chi connectivity index (χ1n) is 10.8. The molecule has 3 atom stereocenters. The third-order valence-electron chi connectivity index (χ3n) is 6.59. The van der Waals surface area contributed by atoms with Gasteiger partial charge in [-0.15, -0.1) is 0 Å². The van der Waals surface area contributed by atoms with Crippen LogP contribution in [0.2, 0.25) is 0 Å². The Kier molecular flexibility index (Phi) is 7.02. The topological polar surface area (TPSA) is 69.7 Å². The van der Waals surface area contributed by atoms with Gasteiger partial charge in [0, 0.05) is 32.2 Å². The lowest BCUT2D eigenvalue weighted by Gasteiger charge is -2.38. The standard InChI is InChI=1S/C22H35N3O3S/c1-16-9-10-21(18(3)15-16)29(27,28)25-13-11-24(12-14-25)19(4)22(26)23-20-8-6-5-7-17(20)2/h9-10,15,17,19-20H,5-8,11-14H2,1-4H3,(H,23,26)/t17-,19-,20+/m0/s1. The summed E-state index contributed by atoms with van der Waals surface area (Å²) in [6.07, 6.45) is 4.66. The third kappa shape index (κ3) is 5.01. The lowest BCUT2D eigenvalue weighted by atomic mass is 9.86. The molecule has 2 aliphatic rings. The molecule has 1 aliphatic heterocycles. The number of nitrogens with one attached hydrogen (secondary N) is 1. The second kappa shape index (κ2) is 9.14. The van der Waals surface area contributed by atoms with E-state index in [-0.39, 0.29) is 18.0 Å². The van der Waals surface area contributed by atoms with Gasteiger partial charge in [0.2, 0.25) is 15.9 Å². The van der Waals surface area contributed by atoms with E-state index in [1.54, 1.807) is 10.4 Å². The number of rotatable bonds is 5. The van der Waals surface area contributed by atoms with Crippen LogP contribution in [0.3, 0.4) is 0 Å². The van der Waals surface area contributed by atoms with E-state index < -0.39 is 10.0 Å². The summed E-state index contributed by atoms with van der Waals surface area (Å²) in [7, 11) is -3.50. The molecular formula is C22H35N3O3S. The second-order valence-electron chi connectivity index (χ2n) is 8.76. The summed E-state index contributed by atoms with van der Waals surface area (Å²) in [4.78, 5) is 15.2. The number of carbonyl (C=O) groups is 1. The highest BCUT2D eigenvalue weighted by Gasteiger charge is 2.33. The number of carbonyl (C=O) groups excluding carboxylic acids is 1. The first-order valence-corrected chi connectivity index (χ1v) is 12.3. The van der Waals surface area contributed by atoms with Gasteiger partial charge >= 0.3 is 0 Å². The highest BCUT2D eigenvalue weighted by atomic mass is 32.2. The molecule has 1 aromatic rings. The minimum Gasteiger partial charge on any atom is -0.352 e. The second-order valence-corrected chi connectivity index (χ2v) is 10.7. The normalized spacial score (nSPS) is 25.5. The summed E-state index contributed by atoms with van der Waals surface area (Å²) in [6, 6.07) is 5.48. The quantitative estimate of drug-likeness (QED) is 0.794. The van der Waals surface area contributed by atoms with Crippen molar-refractivity contribution in [1.82, 2.24) is 14.5 Å². The summed E-state index contributed by atoms with van der Waals surface area (Å²) < 4.78 is 27.7. The van der Waals surface area contributed by atoms with Gasteiger partial charge in [0.05, 0.1) is 10.9 Å². The molecule has 162 valence electrons. The SMILES string of the molecule is Cc1ccc(S(=O)(=O)N2CCN([C@@H](C)C(=O)N[C@@H]3CCCC[C@@H]3C)CC2)c(C)c1. The predicted octanol–water partition coefficient (Wildman–Crippen LogP) is 2.69. The number of aryl methyl sites for hydroxylation is 2. The highest BCUT2D eigenvalue weighted by molar-refractivity contribution is 7.89. The molecule has 1 saturated heterocycles. The van der Waals surface area contributed by atoms with Gasteiger partial charge in [-0.1, -0.05) is 37.5 Å². The fourth-order valence-corrected chi connectivity index (χ4v) is 6.19. The van der Waals surface area contributed by atoms with E-state index in [1.165, 1.54) is 19.3 Å². The van der Waals surface area contributed by atoms with Crippen molar-refractivity contribution in [3.05, 3.63) is 29.3 Å². The number of benzene rings is 1. The summed E-state index contributed by atoms with van der Waals surface area (Å²) in [5.41, 5.74) is 1.83. The number of nitrogens with zero attached hydrogens (tertiary/aromatic N) is 2. The average Bonchev–Trinajstić information content (AvgIpc) is 2.69. The number of piperazine rings is 1. The largest absolute Gasteiger partial charge is 0.352 e. The maximum Gasteiger partial charge on any atom is 0.243 e. The predicted molar refractivity (Wildman–Crippen MR) is 115 cm³/mol. The maximum atomic E-state index is 13.1. The van der Waals surface area contributed by atoms with Gasteiger partial charge in [0.25, 0.3) is 0 Å². The number of hydrogen-bond donors (Lipinski definition) is 1. The smallest absolute Gasteiger partial charge is 0.243 e. The van der Waals surface area contributed by atoms with Crippen molar-refractivity contribution in [2.75, 3.05) is 26.2 Å². The molecule has 3 rings (SSSR count). The van der Waals surface area contributed by atoms with Crippen molar-refractivity contribution < 1.29 is 13.2 Å². The first-order chi connectivity index (χ1) is 13.7. The molecule has 0 unspecified atom stereocenters. The van der Waals surface area contributed by atoms with E-state index in [4.69, 9.17) is 0 Å². The van der Waals surface area contributed by atoms with Crippen molar-refractivity contribution in [1.29, 1.82) is 0 Å². The molecule has 2 fully saturated rings. The molecule has 7 heteroatoms. The van der Waals surface area contributed by atoms with E-state index in [2.05, 4.69) is 17.1 Å². The van der Waals surface area contributed by atoms with Gasteiger partial charge in [-0.2, -0.15) is 4.31 Å². The van der Waals surface area contributed by atoms with Crippen LogP contribution in [-0.4, -0.2) is 61.8 Å². The van der Waals surface area contributed by atoms with Gasteiger partial charge < -0.3 is 5.32 Å². The fraction of sp³-hybridized carbons (Fsp3) is 0.682. The Morgan fingerprint density at radius 3 is 2.38 bits per heavy atom. The Labute approximate surface area is 175 Å². The minimum atomic E-state index is -3.50. The Balaban J connectivity index is 1.58. The van der Waals surface area contributed by atoms with Crippen LogP contribution in [0.25, 0.3) is 0 Å². The minimum absolute atomic E-state index is 0.0643. The molecule has 1 saturated carbocycles. The van der Waals surface area contributed by atoms with Crippen LogP contribution in [0.4, 0.5) is 0 Å². The summed E-state index contributed by atoms with van der Waals surface area (Å²) in [5.74, 6) is 0.592. The monoisotopic (exact) mass is 421 g/mol. The number of amides is 1. The Bertz CT molecular complexity index is 832. The van der Waals surface area contributed by atoms with Crippen LogP contribution in [-0.2, 0) is 14.8 Å². The van der Waals surface area contributed by atoms with Crippen molar-refractivity contribution >= 4 is 15.9 Å². The van der Waals surface area contributed by atoms with Crippen molar-refractivity contribution in [2.45, 2.75) is 70.4 Å². The molecule has 0 bridgehead atoms. The lowest BCUT2D eigenvalue weighted by Crippen LogP contribution is -2.56. The van der Waals surface area contributed by atoms with E-state index in [9.17, 15) is 13.2 Å². The molecule has 0 aromatic heterocycles. The van der Waals surface area contributed by atoms with Crippen molar-refractivity contribution in [3.63, 3.8) is 0 Å². The molecule has 29 heavy (non-hydrogen) atoms. The van der Waals surface area contributed by atoms with Crippen LogP contribution in [0, 0.1) is 19.8 Å². The molecule has 0 radical (unpaired) electrons. The van der Waals surface area contributed by atoms with Crippen LogP contribution < -0.4 is 5.32 Å². The van der Waals surface area contributed by atoms with Crippen LogP contribution in [0.1, 0.15) is 50.7 Å². The molecular weight excluding hydrogens is 386 g/mol. The summed E-state index contributed by atoms with van der Waals surface area (Å²) in [5, 5.41) is 3.23. The number of hydrogen-bond acceptors (Lipinski definition) is 4. The van der Waals surface area contributed by atoms with Crippen molar-refractivity contribution in [2.24, 2.45) is 5.92 Å². The summed E-state index contributed by atoms with van der Waals surface area (Å²) >= 11 is 0. The van der Waals surface area contributed by atoms with Crippen LogP contribution in [0.15, 0.2) is 23.1 Å². The Hall–Kier alpha value is -1.44. The lowest BCUT2D eigenvalue weighted by molar-refractivity contribution is -0.127. The van der Waals surface area contributed by atoms with E-state index in [1.807, 2.05) is 32.9 Å². The van der Waals surface area contributed by atoms with Gasteiger partial charge in [-0.25, -0.2) is 8.42 Å². The molecule has 1 heterocycles. The molecule has 1 aliphatic carbocycles. The van der Waals surface area contributed by atoms with E-state index in [0.717, 1.165) is 17.5 Å². The molecule has 1 aromatic carbocycles. The molecule has 0 spiro atoms. The Morgan fingerprint density at radius 2 is 1.76 bits per heavy atom. The van der Waals surface area contributed by atoms with E-state index in [0.29, 0.717) is 37.0 Å². The molecule has 6 nitrogen and oxygen atoms in total. The zero-order valence-corrected chi connectivity index (χ0v) is 19.0. The van der Waals surface area contributed by atoms with Crippen LogP contribution >= 0.6 is 0 Å². The average molecular weight is 422 g/mol. The zero-order chi connectivity index (χ0) is 21.2. The van der Waals surface area contributed by atoms with Gasteiger partial charge in [0.1, 0.15) is 0 Å².